The van der Waals surface area contributed by atoms with E-state index in [9.17, 15) is 38.7 Å². The molecule has 0 unspecified atom stereocenters. The van der Waals surface area contributed by atoms with Crippen LogP contribution in [0.15, 0.2) is 26.0 Å². The number of nitrogens with zero attached hydrogens (tertiary/aromatic N) is 3. The third-order valence-electron chi connectivity index (χ3n) is 5.09. The van der Waals surface area contributed by atoms with E-state index in [0.717, 1.165) is 21.2 Å². The molecule has 0 aliphatic carbocycles. The van der Waals surface area contributed by atoms with Gasteiger partial charge in [-0.3, -0.25) is 33.4 Å². The molecule has 3 rings (SSSR count). The predicted molar refractivity (Wildman–Crippen MR) is 125 cm³/mol. The number of β-lactam (4-membered cyclic amide) rings is 1. The van der Waals surface area contributed by atoms with Crippen molar-refractivity contribution in [1.82, 2.24) is 30.3 Å². The number of nitrogens with one attached hydrogen (secondary N) is 3. The minimum Gasteiger partial charge on any atom is -0.480 e. The van der Waals surface area contributed by atoms with E-state index in [-0.39, 0.29) is 22.4 Å². The molecule has 2 aliphatic heterocycles. The first-order chi connectivity index (χ1) is 17.4. The van der Waals surface area contributed by atoms with Gasteiger partial charge in [-0.25, -0.2) is 14.7 Å². The van der Waals surface area contributed by atoms with Gasteiger partial charge in [-0.15, -0.1) is 16.9 Å². The summed E-state index contributed by atoms with van der Waals surface area (Å²) < 4.78 is 5.59. The molecule has 1 aromatic heterocycles. The molecule has 3 heterocycles. The van der Waals surface area contributed by atoms with E-state index >= 15 is 0 Å². The van der Waals surface area contributed by atoms with E-state index in [1.807, 2.05) is 0 Å². The molecule has 7 N–H and O–H groups in total. The Kier molecular flexibility index (Phi) is 8.61. The normalized spacial score (nSPS) is 19.4. The van der Waals surface area contributed by atoms with Gasteiger partial charge in [-0.1, -0.05) is 11.8 Å². The van der Waals surface area contributed by atoms with E-state index in [1.54, 1.807) is 0 Å². The van der Waals surface area contributed by atoms with Crippen LogP contribution in [0.25, 0.3) is 0 Å². The fourth-order valence-electron chi connectivity index (χ4n) is 3.20. The van der Waals surface area contributed by atoms with Crippen molar-refractivity contribution in [1.29, 1.82) is 0 Å². The molecule has 2 aliphatic rings. The van der Waals surface area contributed by atoms with Crippen LogP contribution in [0.3, 0.4) is 0 Å². The number of carboxylic acid groups (broad SMARTS) is 2. The van der Waals surface area contributed by atoms with Crippen LogP contribution in [-0.2, 0) is 31.0 Å². The van der Waals surface area contributed by atoms with E-state index in [4.69, 9.17) is 10.8 Å². The Morgan fingerprint density at radius 1 is 1.30 bits per heavy atom. The number of hydrogen-bond acceptors (Lipinski definition) is 12. The number of hydrogen-bond donors (Lipinski definition) is 6. The Morgan fingerprint density at radius 2 is 2.00 bits per heavy atom. The smallest absolute Gasteiger partial charge is 0.407 e. The van der Waals surface area contributed by atoms with Crippen molar-refractivity contribution in [3.63, 3.8) is 0 Å². The third-order valence-corrected chi connectivity index (χ3v) is 7.54. The highest BCUT2D eigenvalue weighted by Gasteiger charge is 2.54. The van der Waals surface area contributed by atoms with Crippen molar-refractivity contribution in [3.8, 4) is 0 Å². The average molecular weight is 560 g/mol. The van der Waals surface area contributed by atoms with Crippen LogP contribution in [0, 0.1) is 0 Å². The molecule has 19 heteroatoms. The lowest BCUT2D eigenvalue weighted by atomic mass is 10.0. The molecule has 0 bridgehead atoms. The Bertz CT molecular complexity index is 1290. The van der Waals surface area contributed by atoms with Gasteiger partial charge < -0.3 is 31.3 Å². The maximum Gasteiger partial charge on any atom is 0.407 e. The van der Waals surface area contributed by atoms with Crippen molar-refractivity contribution in [2.45, 2.75) is 22.6 Å². The summed E-state index contributed by atoms with van der Waals surface area (Å²) in [5.74, 6) is -3.90. The number of carboxylic acids is 2. The summed E-state index contributed by atoms with van der Waals surface area (Å²) in [6.45, 7) is -1.20. The van der Waals surface area contributed by atoms with Crippen molar-refractivity contribution >= 4 is 53.4 Å². The molecule has 1 fully saturated rings. The number of aromatic nitrogens is 3. The van der Waals surface area contributed by atoms with E-state index in [1.165, 1.54) is 18.8 Å². The van der Waals surface area contributed by atoms with Crippen LogP contribution < -0.4 is 27.5 Å². The predicted octanol–water partition coefficient (Wildman–Crippen LogP) is -3.56. The lowest BCUT2D eigenvalue weighted by Gasteiger charge is -2.49. The highest BCUT2D eigenvalue weighted by molar-refractivity contribution is 8.01. The van der Waals surface area contributed by atoms with Crippen LogP contribution in [0.1, 0.15) is 0 Å². The van der Waals surface area contributed by atoms with Crippen LogP contribution in [-0.4, -0.2) is 102 Å². The molecule has 3 amide bonds. The SMILES string of the molecule is Cn1c(SCC2=C(C(=O)O)N3C(=O)[C@@H](NC(=O)CNC(=O)OC[C@@H](N)C(=O)O)[C@H]3SC2)n[nH]c(=O)c1=O. The third kappa shape index (κ3) is 6.12. The number of ether oxygens (including phenoxy) is 1. The van der Waals surface area contributed by atoms with Gasteiger partial charge in [0.2, 0.25) is 5.91 Å². The first-order valence-electron chi connectivity index (χ1n) is 10.3. The van der Waals surface area contributed by atoms with Gasteiger partial charge in [0, 0.05) is 18.6 Å². The maximum absolute atomic E-state index is 12.7. The zero-order valence-corrected chi connectivity index (χ0v) is 20.6. The number of rotatable bonds is 10. The van der Waals surface area contributed by atoms with E-state index in [2.05, 4.69) is 25.6 Å². The Morgan fingerprint density at radius 3 is 2.65 bits per heavy atom. The summed E-state index contributed by atoms with van der Waals surface area (Å²) in [6, 6.07) is -2.47. The largest absolute Gasteiger partial charge is 0.480 e. The number of H-pyrrole nitrogens is 1. The number of fused-ring (bicyclic) bond motifs is 1. The summed E-state index contributed by atoms with van der Waals surface area (Å²) in [5, 5.41) is 28.1. The van der Waals surface area contributed by atoms with E-state index in [0.29, 0.717) is 5.57 Å². The van der Waals surface area contributed by atoms with Crippen molar-refractivity contribution in [2.24, 2.45) is 12.8 Å². The lowest BCUT2D eigenvalue weighted by molar-refractivity contribution is -0.150. The molecule has 37 heavy (non-hydrogen) atoms. The maximum atomic E-state index is 12.7. The summed E-state index contributed by atoms with van der Waals surface area (Å²) in [5.41, 5.74) is 3.59. The molecule has 0 saturated carbocycles. The molecule has 200 valence electrons. The lowest BCUT2D eigenvalue weighted by Crippen LogP contribution is -2.71. The highest BCUT2D eigenvalue weighted by atomic mass is 32.2. The Hall–Kier alpha value is -3.84. The minimum absolute atomic E-state index is 0.0616. The number of aliphatic carboxylic acids is 2. The van der Waals surface area contributed by atoms with E-state index < -0.39 is 71.6 Å². The fourth-order valence-corrected chi connectivity index (χ4v) is 5.60. The van der Waals surface area contributed by atoms with Gasteiger partial charge in [-0.2, -0.15) is 0 Å². The quantitative estimate of drug-likeness (QED) is 0.0921. The topological polar surface area (TPSA) is 256 Å². The molecular weight excluding hydrogens is 538 g/mol. The second kappa shape index (κ2) is 11.5. The highest BCUT2D eigenvalue weighted by Crippen LogP contribution is 2.41. The zero-order chi connectivity index (χ0) is 27.4. The monoisotopic (exact) mass is 559 g/mol. The molecule has 3 atom stereocenters. The molecule has 0 spiro atoms. The number of carbonyl (C=O) groups excluding carboxylic acids is 3. The van der Waals surface area contributed by atoms with Crippen molar-refractivity contribution < 1.29 is 38.9 Å². The summed E-state index contributed by atoms with van der Waals surface area (Å²) in [7, 11) is 1.34. The molecule has 0 radical (unpaired) electrons. The van der Waals surface area contributed by atoms with Gasteiger partial charge in [0.15, 0.2) is 5.16 Å². The summed E-state index contributed by atoms with van der Waals surface area (Å²) in [4.78, 5) is 83.1. The van der Waals surface area contributed by atoms with Gasteiger partial charge in [0.25, 0.3) is 5.91 Å². The molecular formula is C18H21N7O10S2. The molecule has 0 aromatic carbocycles. The standard InChI is InChI=1S/C18H21N7O10S2/c1-24-13(29)11(27)22-23-17(24)37-5-6-4-36-14-9(12(28)25(14)10(6)16(32)33)21-8(26)2-20-18(34)35-3-7(19)15(30)31/h7,9,14H,2-5,19H2,1H3,(H,20,34)(H,21,26)(H,22,27)(H,30,31)(H,32,33)/t7-,9-,14-/m1/s1. The van der Waals surface area contributed by atoms with Crippen LogP contribution in [0.5, 0.6) is 0 Å². The molecule has 17 nitrogen and oxygen atoms in total. The first kappa shape index (κ1) is 27.7. The van der Waals surface area contributed by atoms with Crippen LogP contribution in [0.4, 0.5) is 4.79 Å². The molecule has 1 saturated heterocycles. The number of amides is 3. The van der Waals surface area contributed by atoms with Crippen LogP contribution >= 0.6 is 23.5 Å². The average Bonchev–Trinajstić information content (AvgIpc) is 2.86. The zero-order valence-electron chi connectivity index (χ0n) is 19.0. The Labute approximate surface area is 214 Å². The number of thioether (sulfide) groups is 2. The molecule has 1 aromatic rings. The second-order valence-electron chi connectivity index (χ2n) is 7.60. The van der Waals surface area contributed by atoms with Crippen LogP contribution in [0.2, 0.25) is 0 Å². The van der Waals surface area contributed by atoms with Gasteiger partial charge >= 0.3 is 29.2 Å². The number of aromatic amines is 1. The second-order valence-corrected chi connectivity index (χ2v) is 9.64. The minimum atomic E-state index is -1.43. The summed E-state index contributed by atoms with van der Waals surface area (Å²) >= 11 is 2.21. The van der Waals surface area contributed by atoms with Crippen molar-refractivity contribution in [2.75, 3.05) is 24.7 Å². The Balaban J connectivity index is 1.59. The van der Waals surface area contributed by atoms with Gasteiger partial charge in [0.1, 0.15) is 36.3 Å². The summed E-state index contributed by atoms with van der Waals surface area (Å²) in [6.07, 6.45) is -1.09. The number of alkyl carbamates (subject to hydrolysis) is 1. The number of nitrogens with two attached hydrogens (primary N) is 1. The fraction of sp³-hybridized carbons (Fsp3) is 0.444. The van der Waals surface area contributed by atoms with Gasteiger partial charge in [0.05, 0.1) is 0 Å². The van der Waals surface area contributed by atoms with Gasteiger partial charge in [-0.05, 0) is 5.57 Å². The first-order valence-corrected chi connectivity index (χ1v) is 12.3. The van der Waals surface area contributed by atoms with Crippen molar-refractivity contribution in [3.05, 3.63) is 32.0 Å². The number of carbonyl (C=O) groups is 5.